The molecular weight excluding hydrogens is 268 g/mol. The Hall–Kier alpha value is -1.78. The minimum atomic E-state index is -0.836. The van der Waals surface area contributed by atoms with Gasteiger partial charge in [-0.2, -0.15) is 0 Å². The van der Waals surface area contributed by atoms with Crippen LogP contribution in [0.15, 0.2) is 40.8 Å². The highest BCUT2D eigenvalue weighted by Crippen LogP contribution is 2.22. The first-order valence-electron chi connectivity index (χ1n) is 5.70. The second-order valence-electron chi connectivity index (χ2n) is 4.04. The number of methoxy groups -OCH3 is 1. The van der Waals surface area contributed by atoms with E-state index in [1.54, 1.807) is 18.2 Å². The molecule has 1 heterocycles. The summed E-state index contributed by atoms with van der Waals surface area (Å²) in [5, 5.41) is 10.7. The number of hydrogen-bond acceptors (Lipinski definition) is 4. The molecule has 0 saturated heterocycles. The number of carbonyl (C=O) groups is 1. The molecule has 0 aliphatic carbocycles. The Morgan fingerprint density at radius 2 is 2.21 bits per heavy atom. The van der Waals surface area contributed by atoms with Crippen molar-refractivity contribution in [1.82, 2.24) is 0 Å². The van der Waals surface area contributed by atoms with Crippen molar-refractivity contribution in [3.05, 3.63) is 58.5 Å². The van der Waals surface area contributed by atoms with Crippen molar-refractivity contribution in [2.45, 2.75) is 12.5 Å². The second kappa shape index (κ2) is 5.91. The number of carbonyl (C=O) groups excluding carboxylic acids is 1. The van der Waals surface area contributed by atoms with Crippen LogP contribution in [0, 0.1) is 0 Å². The summed E-state index contributed by atoms with van der Waals surface area (Å²) >= 11 is 5.87. The Bertz CT molecular complexity index is 576. The number of furan rings is 1. The standard InChI is InChI=1S/C14H13ClO4/c1-18-14(17)13-6-5-12(19-13)11(16)8-9-3-2-4-10(15)7-9/h2-7,11,16H,8H2,1H3. The number of esters is 1. The van der Waals surface area contributed by atoms with E-state index in [1.165, 1.54) is 13.2 Å². The number of hydrogen-bond donors (Lipinski definition) is 1. The Kier molecular flexibility index (Phi) is 4.24. The van der Waals surface area contributed by atoms with Crippen LogP contribution >= 0.6 is 11.6 Å². The Labute approximate surface area is 115 Å². The number of halogens is 1. The van der Waals surface area contributed by atoms with Gasteiger partial charge in [-0.3, -0.25) is 0 Å². The van der Waals surface area contributed by atoms with Crippen molar-refractivity contribution >= 4 is 17.6 Å². The molecule has 1 unspecified atom stereocenters. The molecule has 1 aromatic heterocycles. The van der Waals surface area contributed by atoms with E-state index in [-0.39, 0.29) is 5.76 Å². The molecular formula is C14H13ClO4. The highest BCUT2D eigenvalue weighted by molar-refractivity contribution is 6.30. The fourth-order valence-electron chi connectivity index (χ4n) is 1.73. The molecule has 2 rings (SSSR count). The fraction of sp³-hybridized carbons (Fsp3) is 0.214. The van der Waals surface area contributed by atoms with Crippen LogP contribution in [-0.2, 0) is 11.2 Å². The third kappa shape index (κ3) is 3.36. The highest BCUT2D eigenvalue weighted by atomic mass is 35.5. The molecule has 1 N–H and O–H groups in total. The maximum Gasteiger partial charge on any atom is 0.373 e. The van der Waals surface area contributed by atoms with Crippen molar-refractivity contribution < 1.29 is 19.1 Å². The summed E-state index contributed by atoms with van der Waals surface area (Å²) in [6.45, 7) is 0. The molecule has 0 spiro atoms. The van der Waals surface area contributed by atoms with Crippen LogP contribution in [0.4, 0.5) is 0 Å². The van der Waals surface area contributed by atoms with Crippen LogP contribution in [0.25, 0.3) is 0 Å². The normalized spacial score (nSPS) is 12.2. The van der Waals surface area contributed by atoms with Crippen molar-refractivity contribution in [1.29, 1.82) is 0 Å². The summed E-state index contributed by atoms with van der Waals surface area (Å²) < 4.78 is 9.77. The highest BCUT2D eigenvalue weighted by Gasteiger charge is 2.17. The monoisotopic (exact) mass is 280 g/mol. The van der Waals surface area contributed by atoms with Gasteiger partial charge in [0.15, 0.2) is 0 Å². The van der Waals surface area contributed by atoms with Crippen LogP contribution in [-0.4, -0.2) is 18.2 Å². The molecule has 5 heteroatoms. The lowest BCUT2D eigenvalue weighted by Gasteiger charge is -2.08. The molecule has 4 nitrogen and oxygen atoms in total. The van der Waals surface area contributed by atoms with E-state index in [0.29, 0.717) is 17.2 Å². The van der Waals surface area contributed by atoms with E-state index in [9.17, 15) is 9.90 Å². The summed E-state index contributed by atoms with van der Waals surface area (Å²) in [5.74, 6) is -0.177. The molecule has 0 bridgehead atoms. The number of aliphatic hydroxyl groups excluding tert-OH is 1. The van der Waals surface area contributed by atoms with Gasteiger partial charge in [-0.15, -0.1) is 0 Å². The summed E-state index contributed by atoms with van der Waals surface area (Å²) in [7, 11) is 1.27. The van der Waals surface area contributed by atoms with Crippen LogP contribution < -0.4 is 0 Å². The van der Waals surface area contributed by atoms with Gasteiger partial charge in [0, 0.05) is 11.4 Å². The maximum absolute atomic E-state index is 11.2. The van der Waals surface area contributed by atoms with E-state index in [4.69, 9.17) is 16.0 Å². The zero-order valence-corrected chi connectivity index (χ0v) is 11.1. The minimum Gasteiger partial charge on any atom is -0.463 e. The molecule has 1 atom stereocenters. The summed E-state index contributed by atoms with van der Waals surface area (Å²) in [6.07, 6.45) is -0.480. The van der Waals surface area contributed by atoms with Crippen molar-refractivity contribution in [2.24, 2.45) is 0 Å². The van der Waals surface area contributed by atoms with Gasteiger partial charge < -0.3 is 14.3 Å². The molecule has 1 aromatic carbocycles. The average molecular weight is 281 g/mol. The van der Waals surface area contributed by atoms with Gasteiger partial charge in [-0.05, 0) is 29.8 Å². The summed E-state index contributed by atoms with van der Waals surface area (Å²) in [6, 6.07) is 10.2. The van der Waals surface area contributed by atoms with Gasteiger partial charge in [-0.25, -0.2) is 4.79 Å². The molecule has 0 radical (unpaired) electrons. The summed E-state index contributed by atoms with van der Waals surface area (Å²) in [4.78, 5) is 11.2. The summed E-state index contributed by atoms with van der Waals surface area (Å²) in [5.41, 5.74) is 0.885. The molecule has 0 saturated carbocycles. The van der Waals surface area contributed by atoms with E-state index in [1.807, 2.05) is 12.1 Å². The molecule has 0 fully saturated rings. The van der Waals surface area contributed by atoms with Crippen LogP contribution in [0.5, 0.6) is 0 Å². The minimum absolute atomic E-state index is 0.0719. The Morgan fingerprint density at radius 1 is 1.42 bits per heavy atom. The number of aliphatic hydroxyl groups is 1. The number of rotatable bonds is 4. The van der Waals surface area contributed by atoms with Crippen molar-refractivity contribution in [2.75, 3.05) is 7.11 Å². The number of benzene rings is 1. The smallest absolute Gasteiger partial charge is 0.373 e. The zero-order chi connectivity index (χ0) is 13.8. The van der Waals surface area contributed by atoms with Crippen molar-refractivity contribution in [3.63, 3.8) is 0 Å². The van der Waals surface area contributed by atoms with Gasteiger partial charge >= 0.3 is 5.97 Å². The van der Waals surface area contributed by atoms with E-state index >= 15 is 0 Å². The first-order valence-corrected chi connectivity index (χ1v) is 6.08. The first kappa shape index (κ1) is 13.6. The average Bonchev–Trinajstić information content (AvgIpc) is 2.87. The quantitative estimate of drug-likeness (QED) is 0.875. The van der Waals surface area contributed by atoms with Crippen molar-refractivity contribution in [3.8, 4) is 0 Å². The second-order valence-corrected chi connectivity index (χ2v) is 4.48. The van der Waals surface area contributed by atoms with Gasteiger partial charge in [-0.1, -0.05) is 23.7 Å². The first-order chi connectivity index (χ1) is 9.10. The fourth-order valence-corrected chi connectivity index (χ4v) is 1.94. The van der Waals surface area contributed by atoms with E-state index in [2.05, 4.69) is 4.74 Å². The predicted octanol–water partition coefficient (Wildman–Crippen LogP) is 3.00. The SMILES string of the molecule is COC(=O)c1ccc(C(O)Cc2cccc(Cl)c2)o1. The molecule has 19 heavy (non-hydrogen) atoms. The molecule has 0 aliphatic rings. The Balaban J connectivity index is 2.09. The van der Waals surface area contributed by atoms with Crippen LogP contribution in [0.3, 0.4) is 0 Å². The molecule has 100 valence electrons. The van der Waals surface area contributed by atoms with E-state index < -0.39 is 12.1 Å². The zero-order valence-electron chi connectivity index (χ0n) is 10.3. The lowest BCUT2D eigenvalue weighted by Crippen LogP contribution is -2.01. The lowest BCUT2D eigenvalue weighted by atomic mass is 10.1. The van der Waals surface area contributed by atoms with Gasteiger partial charge in [0.25, 0.3) is 0 Å². The maximum atomic E-state index is 11.2. The van der Waals surface area contributed by atoms with Gasteiger partial charge in [0.2, 0.25) is 5.76 Å². The predicted molar refractivity (Wildman–Crippen MR) is 70.2 cm³/mol. The number of ether oxygens (including phenoxy) is 1. The molecule has 0 aliphatic heterocycles. The molecule has 0 amide bonds. The topological polar surface area (TPSA) is 59.7 Å². The largest absolute Gasteiger partial charge is 0.463 e. The van der Waals surface area contributed by atoms with E-state index in [0.717, 1.165) is 5.56 Å². The Morgan fingerprint density at radius 3 is 2.89 bits per heavy atom. The van der Waals surface area contributed by atoms with Crippen LogP contribution in [0.1, 0.15) is 28.0 Å². The van der Waals surface area contributed by atoms with Gasteiger partial charge in [0.05, 0.1) is 7.11 Å². The lowest BCUT2D eigenvalue weighted by molar-refractivity contribution is 0.0555. The van der Waals surface area contributed by atoms with Crippen LogP contribution in [0.2, 0.25) is 5.02 Å². The third-order valence-electron chi connectivity index (χ3n) is 2.66. The third-order valence-corrected chi connectivity index (χ3v) is 2.89. The van der Waals surface area contributed by atoms with Gasteiger partial charge in [0.1, 0.15) is 11.9 Å². The molecule has 2 aromatic rings.